The van der Waals surface area contributed by atoms with Crippen LogP contribution in [0.3, 0.4) is 0 Å². The van der Waals surface area contributed by atoms with Gasteiger partial charge in [0.1, 0.15) is 24.8 Å². The van der Waals surface area contributed by atoms with E-state index in [-0.39, 0.29) is 31.5 Å². The molecule has 1 rings (SSSR count). The van der Waals surface area contributed by atoms with Crippen LogP contribution in [0, 0.1) is 0 Å². The number of ketones is 1. The fourth-order valence-electron chi connectivity index (χ4n) is 1.66. The fourth-order valence-corrected chi connectivity index (χ4v) is 1.66. The molecule has 6 heteroatoms. The smallest absolute Gasteiger partial charge is 0.412 e. The number of carbonyl (C=O) groups is 2. The lowest BCUT2D eigenvalue weighted by atomic mass is 10.1. The molecule has 1 saturated heterocycles. The van der Waals surface area contributed by atoms with Crippen LogP contribution in [-0.4, -0.2) is 48.9 Å². The lowest BCUT2D eigenvalue weighted by Gasteiger charge is -2.34. The van der Waals surface area contributed by atoms with Crippen LogP contribution in [0.2, 0.25) is 0 Å². The molecule has 0 radical (unpaired) electrons. The van der Waals surface area contributed by atoms with Crippen molar-refractivity contribution in [1.82, 2.24) is 4.90 Å². The second-order valence-electron chi connectivity index (χ2n) is 4.30. The van der Waals surface area contributed by atoms with E-state index in [1.807, 2.05) is 6.92 Å². The predicted molar refractivity (Wildman–Crippen MR) is 62.9 cm³/mol. The Morgan fingerprint density at radius 2 is 2.33 bits per heavy atom. The SMILES string of the molecule is CCC(C)OC(=O)N1CCC(=O)CC1OCCF. The second kappa shape index (κ2) is 7.31. The quantitative estimate of drug-likeness (QED) is 0.758. The molecule has 0 N–H and O–H groups in total. The van der Waals surface area contributed by atoms with Crippen molar-refractivity contribution in [3.8, 4) is 0 Å². The number of halogens is 1. The van der Waals surface area contributed by atoms with Crippen LogP contribution < -0.4 is 0 Å². The summed E-state index contributed by atoms with van der Waals surface area (Å²) in [5, 5.41) is 0. The number of amides is 1. The van der Waals surface area contributed by atoms with E-state index < -0.39 is 19.0 Å². The lowest BCUT2D eigenvalue weighted by Crippen LogP contribution is -2.48. The van der Waals surface area contributed by atoms with Crippen LogP contribution in [0.15, 0.2) is 0 Å². The monoisotopic (exact) mass is 261 g/mol. The maximum atomic E-state index is 12.1. The maximum absolute atomic E-state index is 12.1. The largest absolute Gasteiger partial charge is 0.446 e. The van der Waals surface area contributed by atoms with Crippen molar-refractivity contribution in [2.45, 2.75) is 45.4 Å². The van der Waals surface area contributed by atoms with Crippen LogP contribution in [0.4, 0.5) is 9.18 Å². The Morgan fingerprint density at radius 1 is 1.61 bits per heavy atom. The number of nitrogens with zero attached hydrogens (tertiary/aromatic N) is 1. The van der Waals surface area contributed by atoms with Crippen LogP contribution >= 0.6 is 0 Å². The summed E-state index contributed by atoms with van der Waals surface area (Å²) in [6.07, 6.45) is -0.258. The van der Waals surface area contributed by atoms with Gasteiger partial charge in [0.15, 0.2) is 0 Å². The molecule has 1 aliphatic rings. The van der Waals surface area contributed by atoms with Gasteiger partial charge in [-0.05, 0) is 13.3 Å². The van der Waals surface area contributed by atoms with Gasteiger partial charge in [-0.25, -0.2) is 9.18 Å². The molecular formula is C12H20FNO4. The Labute approximate surface area is 106 Å². The summed E-state index contributed by atoms with van der Waals surface area (Å²) in [5.41, 5.74) is 0. The maximum Gasteiger partial charge on any atom is 0.412 e. The Morgan fingerprint density at radius 3 is 2.94 bits per heavy atom. The number of alkyl halides is 1. The molecule has 0 bridgehead atoms. The molecule has 1 aliphatic heterocycles. The Balaban J connectivity index is 2.58. The average molecular weight is 261 g/mol. The molecule has 18 heavy (non-hydrogen) atoms. The summed E-state index contributed by atoms with van der Waals surface area (Å²) in [6.45, 7) is 3.22. The first-order valence-corrected chi connectivity index (χ1v) is 6.25. The number of Topliss-reactive ketones (excluding diaryl/α,β-unsaturated/α-hetero) is 1. The molecule has 0 aromatic rings. The molecule has 0 spiro atoms. The molecule has 5 nitrogen and oxygen atoms in total. The molecule has 1 amide bonds. The topological polar surface area (TPSA) is 55.8 Å². The van der Waals surface area contributed by atoms with Gasteiger partial charge in [-0.15, -0.1) is 0 Å². The number of ether oxygens (including phenoxy) is 2. The summed E-state index contributed by atoms with van der Waals surface area (Å²) < 4.78 is 22.5. The molecule has 0 aliphatic carbocycles. The van der Waals surface area contributed by atoms with Gasteiger partial charge in [0.05, 0.1) is 13.0 Å². The fraction of sp³-hybridized carbons (Fsp3) is 0.833. The minimum Gasteiger partial charge on any atom is -0.446 e. The van der Waals surface area contributed by atoms with Gasteiger partial charge in [-0.2, -0.15) is 0 Å². The summed E-state index contributed by atoms with van der Waals surface area (Å²) >= 11 is 0. The van der Waals surface area contributed by atoms with Crippen molar-refractivity contribution in [2.75, 3.05) is 19.8 Å². The summed E-state index contributed by atoms with van der Waals surface area (Å²) in [4.78, 5) is 24.6. The van der Waals surface area contributed by atoms with E-state index in [0.717, 1.165) is 0 Å². The summed E-state index contributed by atoms with van der Waals surface area (Å²) in [6, 6.07) is 0. The Hall–Kier alpha value is -1.17. The van der Waals surface area contributed by atoms with Crippen LogP contribution in [0.25, 0.3) is 0 Å². The van der Waals surface area contributed by atoms with Crippen molar-refractivity contribution in [3.05, 3.63) is 0 Å². The van der Waals surface area contributed by atoms with Crippen LogP contribution in [0.1, 0.15) is 33.1 Å². The predicted octanol–water partition coefficient (Wildman–Crippen LogP) is 1.90. The van der Waals surface area contributed by atoms with Gasteiger partial charge in [0.2, 0.25) is 0 Å². The first-order chi connectivity index (χ1) is 8.58. The molecule has 1 fully saturated rings. The van der Waals surface area contributed by atoms with Crippen LogP contribution in [-0.2, 0) is 14.3 Å². The van der Waals surface area contributed by atoms with E-state index in [4.69, 9.17) is 9.47 Å². The highest BCUT2D eigenvalue weighted by atomic mass is 19.1. The zero-order chi connectivity index (χ0) is 13.5. The van der Waals surface area contributed by atoms with Crippen molar-refractivity contribution in [1.29, 1.82) is 0 Å². The van der Waals surface area contributed by atoms with E-state index in [2.05, 4.69) is 0 Å². The molecule has 0 aromatic heterocycles. The zero-order valence-corrected chi connectivity index (χ0v) is 10.9. The van der Waals surface area contributed by atoms with E-state index in [9.17, 15) is 14.0 Å². The minimum absolute atomic E-state index is 0.0199. The first kappa shape index (κ1) is 14.9. The van der Waals surface area contributed by atoms with Gasteiger partial charge >= 0.3 is 6.09 Å². The molecule has 104 valence electrons. The van der Waals surface area contributed by atoms with Gasteiger partial charge in [0, 0.05) is 13.0 Å². The number of carbonyl (C=O) groups excluding carboxylic acids is 2. The average Bonchev–Trinajstić information content (AvgIpc) is 2.36. The van der Waals surface area contributed by atoms with E-state index >= 15 is 0 Å². The van der Waals surface area contributed by atoms with E-state index in [1.54, 1.807) is 6.92 Å². The molecule has 2 unspecified atom stereocenters. The van der Waals surface area contributed by atoms with Crippen molar-refractivity contribution in [3.63, 3.8) is 0 Å². The minimum atomic E-state index is -0.696. The lowest BCUT2D eigenvalue weighted by molar-refractivity contribution is -0.134. The standard InChI is InChI=1S/C12H20FNO4/c1-3-9(2)18-12(16)14-6-4-10(15)8-11(14)17-7-5-13/h9,11H,3-8H2,1-2H3. The molecule has 2 atom stereocenters. The van der Waals surface area contributed by atoms with Gasteiger partial charge in [-0.3, -0.25) is 9.69 Å². The van der Waals surface area contributed by atoms with Gasteiger partial charge < -0.3 is 9.47 Å². The number of likely N-dealkylation sites (tertiary alicyclic amines) is 1. The number of hydrogen-bond acceptors (Lipinski definition) is 4. The molecule has 0 saturated carbocycles. The van der Waals surface area contributed by atoms with E-state index in [1.165, 1.54) is 4.90 Å². The van der Waals surface area contributed by atoms with Crippen molar-refractivity contribution in [2.24, 2.45) is 0 Å². The normalized spacial score (nSPS) is 21.8. The summed E-state index contributed by atoms with van der Waals surface area (Å²) in [5.74, 6) is 0.0199. The van der Waals surface area contributed by atoms with Gasteiger partial charge in [-0.1, -0.05) is 6.92 Å². The second-order valence-corrected chi connectivity index (χ2v) is 4.30. The number of rotatable bonds is 5. The Bertz CT molecular complexity index is 298. The van der Waals surface area contributed by atoms with Crippen LogP contribution in [0.5, 0.6) is 0 Å². The van der Waals surface area contributed by atoms with Crippen molar-refractivity contribution < 1.29 is 23.5 Å². The Kier molecular flexibility index (Phi) is 6.04. The molecule has 1 heterocycles. The van der Waals surface area contributed by atoms with Gasteiger partial charge in [0.25, 0.3) is 0 Å². The highest BCUT2D eigenvalue weighted by Gasteiger charge is 2.32. The first-order valence-electron chi connectivity index (χ1n) is 6.25. The highest BCUT2D eigenvalue weighted by molar-refractivity contribution is 5.82. The third-order valence-corrected chi connectivity index (χ3v) is 2.88. The molecular weight excluding hydrogens is 241 g/mol. The van der Waals surface area contributed by atoms with Crippen molar-refractivity contribution >= 4 is 11.9 Å². The number of piperidine rings is 1. The zero-order valence-electron chi connectivity index (χ0n) is 10.9. The third-order valence-electron chi connectivity index (χ3n) is 2.88. The number of hydrogen-bond donors (Lipinski definition) is 0. The highest BCUT2D eigenvalue weighted by Crippen LogP contribution is 2.17. The van der Waals surface area contributed by atoms with E-state index in [0.29, 0.717) is 12.8 Å². The third kappa shape index (κ3) is 4.25. The molecule has 0 aromatic carbocycles. The summed E-state index contributed by atoms with van der Waals surface area (Å²) in [7, 11) is 0.